The molecule has 1 N–H and O–H groups in total. The van der Waals surface area contributed by atoms with Crippen LogP contribution in [0.2, 0.25) is 6.04 Å². The van der Waals surface area contributed by atoms with Crippen LogP contribution in [0.4, 0.5) is 0 Å². The first kappa shape index (κ1) is 24.9. The van der Waals surface area contributed by atoms with Crippen LogP contribution in [-0.2, 0) is 19.3 Å². The van der Waals surface area contributed by atoms with Crippen LogP contribution in [0.3, 0.4) is 0 Å². The molecule has 0 radical (unpaired) electrons. The molecule has 0 heterocycles. The third-order valence-electron chi connectivity index (χ3n) is 6.48. The van der Waals surface area contributed by atoms with Crippen LogP contribution in [0.5, 0.6) is 0 Å². The molecule has 1 unspecified atom stereocenters. The molecule has 0 aliphatic heterocycles. The second kappa shape index (κ2) is 13.1. The van der Waals surface area contributed by atoms with Gasteiger partial charge >= 0.3 is 0 Å². The number of rotatable bonds is 14. The lowest BCUT2D eigenvalue weighted by Gasteiger charge is -2.31. The smallest absolute Gasteiger partial charge is 0.252 e. The molecule has 1 atom stereocenters. The maximum atomic E-state index is 12.3. The van der Waals surface area contributed by atoms with Gasteiger partial charge in [-0.05, 0) is 71.6 Å². The van der Waals surface area contributed by atoms with Crippen LogP contribution in [0.1, 0.15) is 95.8 Å². The first-order valence-corrected chi connectivity index (χ1v) is 14.7. The largest absolute Gasteiger partial charge is 0.424 e. The minimum atomic E-state index is -2.74. The molecule has 2 rings (SSSR count). The van der Waals surface area contributed by atoms with Gasteiger partial charge in [-0.1, -0.05) is 102 Å². The number of hydrogen-bond acceptors (Lipinski definition) is 1. The summed E-state index contributed by atoms with van der Waals surface area (Å²) in [5, 5.41) is 2.49. The van der Waals surface area contributed by atoms with E-state index in [1.54, 1.807) is 11.1 Å². The van der Waals surface area contributed by atoms with E-state index in [1.807, 2.05) is 0 Å². The van der Waals surface area contributed by atoms with E-state index in [2.05, 4.69) is 70.2 Å². The van der Waals surface area contributed by atoms with Crippen molar-refractivity contribution < 1.29 is 4.80 Å². The third-order valence-corrected chi connectivity index (χ3v) is 10.2. The Morgan fingerprint density at radius 3 is 1.80 bits per heavy atom. The number of benzene rings is 2. The molecule has 0 saturated carbocycles. The summed E-state index contributed by atoms with van der Waals surface area (Å²) in [7, 11) is -2.74. The normalized spacial score (nSPS) is 13.4. The van der Waals surface area contributed by atoms with Crippen molar-refractivity contribution in [2.24, 2.45) is 0 Å². The van der Waals surface area contributed by atoms with Gasteiger partial charge in [-0.3, -0.25) is 0 Å². The molecule has 0 aliphatic carbocycles. The Kier molecular flexibility index (Phi) is 10.9. The van der Waals surface area contributed by atoms with E-state index in [1.165, 1.54) is 60.9 Å². The fourth-order valence-electron chi connectivity index (χ4n) is 4.62. The van der Waals surface area contributed by atoms with Crippen LogP contribution in [-0.4, -0.2) is 13.1 Å². The average Bonchev–Trinajstić information content (AvgIpc) is 2.79. The Hall–Kier alpha value is -1.38. The zero-order valence-electron chi connectivity index (χ0n) is 20.0. The highest BCUT2D eigenvalue weighted by atomic mass is 28.4. The highest BCUT2D eigenvalue weighted by Gasteiger charge is 2.37. The van der Waals surface area contributed by atoms with Gasteiger partial charge in [-0.25, -0.2) is 0 Å². The fourth-order valence-corrected chi connectivity index (χ4v) is 8.23. The van der Waals surface area contributed by atoms with E-state index in [0.29, 0.717) is 0 Å². The Morgan fingerprint density at radius 2 is 1.20 bits per heavy atom. The van der Waals surface area contributed by atoms with E-state index in [9.17, 15) is 4.80 Å². The van der Waals surface area contributed by atoms with Gasteiger partial charge in [0.1, 0.15) is 0 Å². The third kappa shape index (κ3) is 6.31. The van der Waals surface area contributed by atoms with Gasteiger partial charge in [-0.2, -0.15) is 0 Å². The molecule has 2 aromatic carbocycles. The van der Waals surface area contributed by atoms with Crippen LogP contribution in [0.15, 0.2) is 42.5 Å². The Labute approximate surface area is 187 Å². The Balaban J connectivity index is 2.66. The van der Waals surface area contributed by atoms with Gasteiger partial charge in [0.2, 0.25) is 0 Å². The maximum absolute atomic E-state index is 12.3. The summed E-state index contributed by atoms with van der Waals surface area (Å²) < 4.78 is 0. The van der Waals surface area contributed by atoms with Gasteiger partial charge in [0.05, 0.1) is 0 Å². The summed E-state index contributed by atoms with van der Waals surface area (Å²) >= 11 is 0. The molecule has 0 fully saturated rings. The summed E-state index contributed by atoms with van der Waals surface area (Å²) in [5.41, 5.74) is 4.63. The van der Waals surface area contributed by atoms with Crippen molar-refractivity contribution in [2.75, 3.05) is 0 Å². The fraction of sp³-hybridized carbons (Fsp3) is 0.571. The average molecular weight is 425 g/mol. The molecule has 0 amide bonds. The van der Waals surface area contributed by atoms with Gasteiger partial charge in [0, 0.05) is 0 Å². The summed E-state index contributed by atoms with van der Waals surface area (Å²) in [5.74, 6) is 0. The Morgan fingerprint density at radius 1 is 0.633 bits per heavy atom. The topological polar surface area (TPSA) is 20.2 Å². The molecule has 0 bridgehead atoms. The maximum Gasteiger partial charge on any atom is 0.252 e. The zero-order chi connectivity index (χ0) is 21.8. The zero-order valence-corrected chi connectivity index (χ0v) is 21.0. The van der Waals surface area contributed by atoms with Crippen molar-refractivity contribution in [2.45, 2.75) is 104 Å². The molecule has 0 saturated heterocycles. The highest BCUT2D eigenvalue weighted by molar-refractivity contribution is 6.96. The standard InChI is InChI=1S/C28H44OSi/c1-5-9-16-24-21-22-28(27(20-11-7-3)26(24)19-10-6-2)30(29,23-12-8-4)25-17-14-13-15-18-25/h13-15,17-18,21-22,29H,5-12,16,19-20,23H2,1-4H3. The van der Waals surface area contributed by atoms with E-state index < -0.39 is 8.32 Å². The second-order valence-corrected chi connectivity index (χ2v) is 12.2. The van der Waals surface area contributed by atoms with E-state index in [0.717, 1.165) is 31.7 Å². The van der Waals surface area contributed by atoms with E-state index in [-0.39, 0.29) is 0 Å². The van der Waals surface area contributed by atoms with Crippen LogP contribution in [0.25, 0.3) is 0 Å². The van der Waals surface area contributed by atoms with Crippen molar-refractivity contribution in [1.82, 2.24) is 0 Å². The summed E-state index contributed by atoms with van der Waals surface area (Å²) in [6.45, 7) is 9.09. The SMILES string of the molecule is CCCCc1ccc([Si](O)(CCCC)c2ccccc2)c(CCCC)c1CCCC. The lowest BCUT2D eigenvalue weighted by molar-refractivity contribution is 0.558. The van der Waals surface area contributed by atoms with Crippen LogP contribution >= 0.6 is 0 Å². The van der Waals surface area contributed by atoms with Gasteiger partial charge < -0.3 is 4.80 Å². The van der Waals surface area contributed by atoms with Crippen LogP contribution < -0.4 is 10.4 Å². The summed E-state index contributed by atoms with van der Waals surface area (Å²) in [6, 6.07) is 16.2. The highest BCUT2D eigenvalue weighted by Crippen LogP contribution is 2.24. The molecule has 0 aromatic heterocycles. The quantitative estimate of drug-likeness (QED) is 0.340. The molecule has 0 aliphatic rings. The number of unbranched alkanes of at least 4 members (excludes halogenated alkanes) is 4. The molecule has 30 heavy (non-hydrogen) atoms. The predicted octanol–water partition coefficient (Wildman–Crippen LogP) is 6.57. The second-order valence-electron chi connectivity index (χ2n) is 8.87. The van der Waals surface area contributed by atoms with Crippen molar-refractivity contribution in [1.29, 1.82) is 0 Å². The van der Waals surface area contributed by atoms with Crippen molar-refractivity contribution in [3.05, 3.63) is 59.2 Å². The minimum absolute atomic E-state index is 0.925. The van der Waals surface area contributed by atoms with Gasteiger partial charge in [0.15, 0.2) is 0 Å². The molecule has 2 heteroatoms. The van der Waals surface area contributed by atoms with Gasteiger partial charge in [-0.15, -0.1) is 0 Å². The lowest BCUT2D eigenvalue weighted by Crippen LogP contribution is -2.60. The van der Waals surface area contributed by atoms with Crippen molar-refractivity contribution >= 4 is 18.7 Å². The molecule has 166 valence electrons. The molecular weight excluding hydrogens is 380 g/mol. The van der Waals surface area contributed by atoms with E-state index in [4.69, 9.17) is 0 Å². The summed E-state index contributed by atoms with van der Waals surface area (Å²) in [4.78, 5) is 12.3. The molecular formula is C28H44OSi. The molecule has 0 spiro atoms. The van der Waals surface area contributed by atoms with Crippen molar-refractivity contribution in [3.63, 3.8) is 0 Å². The van der Waals surface area contributed by atoms with Gasteiger partial charge in [0.25, 0.3) is 8.32 Å². The lowest BCUT2D eigenvalue weighted by atomic mass is 9.91. The number of aryl methyl sites for hydroxylation is 1. The monoisotopic (exact) mass is 424 g/mol. The molecule has 2 aromatic rings. The summed E-state index contributed by atoms with van der Waals surface area (Å²) in [6.07, 6.45) is 13.0. The predicted molar refractivity (Wildman–Crippen MR) is 136 cm³/mol. The Bertz CT molecular complexity index is 740. The van der Waals surface area contributed by atoms with Crippen LogP contribution in [0, 0.1) is 0 Å². The molecule has 1 nitrogen and oxygen atoms in total. The first-order chi connectivity index (χ1) is 14.6. The van der Waals surface area contributed by atoms with E-state index >= 15 is 0 Å². The minimum Gasteiger partial charge on any atom is -0.424 e. The van der Waals surface area contributed by atoms with Crippen molar-refractivity contribution in [3.8, 4) is 0 Å². The number of hydrogen-bond donors (Lipinski definition) is 1. The first-order valence-electron chi connectivity index (χ1n) is 12.5.